The molecule has 2 aliphatic heterocycles. The molecule has 1 saturated carbocycles. The van der Waals surface area contributed by atoms with Crippen molar-refractivity contribution in [2.24, 2.45) is 5.92 Å². The van der Waals surface area contributed by atoms with E-state index in [4.69, 9.17) is 16.0 Å². The van der Waals surface area contributed by atoms with Gasteiger partial charge in [-0.1, -0.05) is 17.7 Å². The van der Waals surface area contributed by atoms with Crippen LogP contribution in [0.1, 0.15) is 43.7 Å². The molecular weight excluding hydrogens is 578 g/mol. The summed E-state index contributed by atoms with van der Waals surface area (Å²) in [5, 5.41) is 6.77. The van der Waals surface area contributed by atoms with Gasteiger partial charge in [-0.15, -0.1) is 10.2 Å². The number of benzene rings is 1. The van der Waals surface area contributed by atoms with Gasteiger partial charge in [-0.05, 0) is 69.1 Å². The maximum absolute atomic E-state index is 14.0. The normalized spacial score (nSPS) is 19.0. The Kier molecular flexibility index (Phi) is 7.68. The Morgan fingerprint density at radius 2 is 1.85 bits per heavy atom. The average Bonchev–Trinajstić information content (AvgIpc) is 3.67. The summed E-state index contributed by atoms with van der Waals surface area (Å²) in [6.45, 7) is 2.67. The van der Waals surface area contributed by atoms with Gasteiger partial charge in [-0.2, -0.15) is 8.78 Å². The van der Waals surface area contributed by atoms with Gasteiger partial charge in [-0.25, -0.2) is 8.42 Å². The molecule has 218 valence electrons. The van der Waals surface area contributed by atoms with E-state index in [1.807, 2.05) is 4.90 Å². The summed E-state index contributed by atoms with van der Waals surface area (Å²) in [6, 6.07) is 10.1. The number of nitrogens with zero attached hydrogens (tertiary/aromatic N) is 6. The van der Waals surface area contributed by atoms with Crippen molar-refractivity contribution < 1.29 is 26.4 Å². The fourth-order valence-corrected chi connectivity index (χ4v) is 7.43. The van der Waals surface area contributed by atoms with E-state index in [1.54, 1.807) is 36.4 Å². The van der Waals surface area contributed by atoms with Gasteiger partial charge in [0.25, 0.3) is 5.89 Å². The number of carbonyl (C=O) groups is 1. The van der Waals surface area contributed by atoms with E-state index in [-0.39, 0.29) is 30.3 Å². The Hall–Kier alpha value is -3.16. The van der Waals surface area contributed by atoms with E-state index in [1.165, 1.54) is 10.5 Å². The maximum atomic E-state index is 14.0. The van der Waals surface area contributed by atoms with Crippen LogP contribution in [0.4, 0.5) is 14.5 Å². The van der Waals surface area contributed by atoms with Crippen LogP contribution in [0.3, 0.4) is 0 Å². The third-order valence-electron chi connectivity index (χ3n) is 7.92. The average molecular weight is 607 g/mol. The second-order valence-corrected chi connectivity index (χ2v) is 13.3. The van der Waals surface area contributed by atoms with Crippen LogP contribution >= 0.6 is 11.6 Å². The predicted octanol–water partition coefficient (Wildman–Crippen LogP) is 4.14. The van der Waals surface area contributed by atoms with Crippen molar-refractivity contribution in [3.05, 3.63) is 59.2 Å². The number of sulfonamides is 1. The summed E-state index contributed by atoms with van der Waals surface area (Å²) >= 11 is 6.23. The molecule has 0 N–H and O–H groups in total. The van der Waals surface area contributed by atoms with Crippen LogP contribution in [-0.2, 0) is 21.4 Å². The number of pyridine rings is 1. The molecular formula is C27H29ClF2N6O4S. The monoisotopic (exact) mass is 606 g/mol. The molecule has 41 heavy (non-hydrogen) atoms. The van der Waals surface area contributed by atoms with Crippen LogP contribution in [0.2, 0.25) is 5.02 Å². The molecule has 1 aromatic carbocycles. The minimum atomic E-state index is -3.81. The van der Waals surface area contributed by atoms with Gasteiger partial charge in [0, 0.05) is 36.3 Å². The second-order valence-electron chi connectivity index (χ2n) is 10.7. The molecule has 2 aromatic heterocycles. The number of aromatic nitrogens is 3. The number of piperidine rings is 1. The number of hydrogen-bond donors (Lipinski definition) is 0. The lowest BCUT2D eigenvalue weighted by Crippen LogP contribution is -2.63. The predicted molar refractivity (Wildman–Crippen MR) is 147 cm³/mol. The molecule has 3 aromatic rings. The van der Waals surface area contributed by atoms with Crippen molar-refractivity contribution in [3.63, 3.8) is 0 Å². The Bertz CT molecular complexity index is 1500. The van der Waals surface area contributed by atoms with Crippen molar-refractivity contribution in [2.45, 2.75) is 49.9 Å². The van der Waals surface area contributed by atoms with Crippen LogP contribution in [0, 0.1) is 5.92 Å². The molecule has 0 unspecified atom stereocenters. The van der Waals surface area contributed by atoms with Crippen molar-refractivity contribution >= 4 is 33.2 Å². The molecule has 2 saturated heterocycles. The van der Waals surface area contributed by atoms with Crippen LogP contribution in [0.5, 0.6) is 0 Å². The van der Waals surface area contributed by atoms with Gasteiger partial charge in [0.1, 0.15) is 0 Å². The van der Waals surface area contributed by atoms with Gasteiger partial charge >= 0.3 is 6.43 Å². The van der Waals surface area contributed by atoms with E-state index in [0.717, 1.165) is 25.9 Å². The molecule has 3 aliphatic rings. The lowest BCUT2D eigenvalue weighted by molar-refractivity contribution is -0.140. The number of alkyl halides is 2. The van der Waals surface area contributed by atoms with Crippen LogP contribution < -0.4 is 4.31 Å². The summed E-state index contributed by atoms with van der Waals surface area (Å²) < 4.78 is 60.0. The summed E-state index contributed by atoms with van der Waals surface area (Å²) in [5.41, 5.74) is 1.21. The lowest BCUT2D eigenvalue weighted by Gasteiger charge is -2.47. The molecule has 6 rings (SSSR count). The van der Waals surface area contributed by atoms with Crippen molar-refractivity contribution in [1.82, 2.24) is 25.0 Å². The fourth-order valence-electron chi connectivity index (χ4n) is 5.36. The number of rotatable bonds is 9. The largest absolute Gasteiger partial charge is 0.415 e. The third kappa shape index (κ3) is 5.93. The smallest absolute Gasteiger partial charge is 0.314 e. The minimum Gasteiger partial charge on any atom is -0.415 e. The van der Waals surface area contributed by atoms with Gasteiger partial charge in [0.15, 0.2) is 0 Å². The summed E-state index contributed by atoms with van der Waals surface area (Å²) in [4.78, 5) is 20.8. The Morgan fingerprint density at radius 1 is 1.10 bits per heavy atom. The minimum absolute atomic E-state index is 0.0455. The summed E-state index contributed by atoms with van der Waals surface area (Å²) in [7, 11) is -3.81. The first kappa shape index (κ1) is 28.0. The number of anilines is 1. The maximum Gasteiger partial charge on any atom is 0.314 e. The number of carbonyl (C=O) groups excluding carboxylic acids is 1. The molecule has 1 amide bonds. The molecule has 10 nitrogen and oxygen atoms in total. The molecule has 4 heterocycles. The van der Waals surface area contributed by atoms with Crippen LogP contribution in [-0.4, -0.2) is 76.8 Å². The van der Waals surface area contributed by atoms with Crippen molar-refractivity contribution in [2.75, 3.05) is 30.5 Å². The second kappa shape index (κ2) is 11.3. The highest BCUT2D eigenvalue weighted by Gasteiger charge is 2.43. The molecule has 0 radical (unpaired) electrons. The summed E-state index contributed by atoms with van der Waals surface area (Å²) in [5.74, 6) is -0.411. The number of halogens is 3. The van der Waals surface area contributed by atoms with E-state index in [9.17, 15) is 22.0 Å². The van der Waals surface area contributed by atoms with Gasteiger partial charge in [0.2, 0.25) is 21.8 Å². The Labute approximate surface area is 241 Å². The van der Waals surface area contributed by atoms with Gasteiger partial charge < -0.3 is 9.32 Å². The first-order valence-electron chi connectivity index (χ1n) is 13.6. The molecule has 1 aliphatic carbocycles. The molecule has 0 bridgehead atoms. The molecule has 0 spiro atoms. The number of amides is 1. The highest BCUT2D eigenvalue weighted by molar-refractivity contribution is 7.93. The van der Waals surface area contributed by atoms with Gasteiger partial charge in [-0.3, -0.25) is 19.0 Å². The quantitative estimate of drug-likeness (QED) is 0.357. The molecule has 3 fully saturated rings. The summed E-state index contributed by atoms with van der Waals surface area (Å²) in [6.07, 6.45) is 1.44. The fraction of sp³-hybridized carbons (Fsp3) is 0.481. The van der Waals surface area contributed by atoms with Crippen molar-refractivity contribution in [1.29, 1.82) is 0 Å². The Balaban J connectivity index is 1.15. The van der Waals surface area contributed by atoms with Gasteiger partial charge in [0.05, 0.1) is 28.7 Å². The zero-order chi connectivity index (χ0) is 28.7. The SMILES string of the molecule is O=C(C1CC1)N1CC(N2CCC(S(=O)(=O)N(Cc3ccc(-c4nnc(C(F)F)o4)cn3)c3cccc(Cl)c3)CC2)C1. The lowest BCUT2D eigenvalue weighted by atomic mass is 10.0. The number of likely N-dealkylation sites (tertiary alicyclic amines) is 2. The Morgan fingerprint density at radius 3 is 2.46 bits per heavy atom. The standard InChI is InChI=1S/C27H29ClF2N6O4S/c28-19-2-1-3-21(12-19)36(14-20-7-6-18(13-31-20)25-32-33-26(40-25)24(29)30)41(38,39)23-8-10-34(11-9-23)22-15-35(16-22)27(37)17-4-5-17/h1-3,6-7,12-13,17,22-24H,4-5,8-11,14-16H2. The van der Waals surface area contributed by atoms with Crippen LogP contribution in [0.15, 0.2) is 47.0 Å². The number of hydrogen-bond acceptors (Lipinski definition) is 8. The van der Waals surface area contributed by atoms with Crippen LogP contribution in [0.25, 0.3) is 11.5 Å². The highest BCUT2D eigenvalue weighted by atomic mass is 35.5. The zero-order valence-electron chi connectivity index (χ0n) is 22.1. The zero-order valence-corrected chi connectivity index (χ0v) is 23.6. The van der Waals surface area contributed by atoms with E-state index < -0.39 is 27.6 Å². The topological polar surface area (TPSA) is 113 Å². The van der Waals surface area contributed by atoms with E-state index in [2.05, 4.69) is 20.1 Å². The first-order chi connectivity index (χ1) is 19.7. The molecule has 14 heteroatoms. The van der Waals surface area contributed by atoms with E-state index in [0.29, 0.717) is 47.9 Å². The van der Waals surface area contributed by atoms with E-state index >= 15 is 0 Å². The van der Waals surface area contributed by atoms with Crippen molar-refractivity contribution in [3.8, 4) is 11.5 Å². The first-order valence-corrected chi connectivity index (χ1v) is 15.4. The highest BCUT2D eigenvalue weighted by Crippen LogP contribution is 2.34. The molecule has 0 atom stereocenters. The third-order valence-corrected chi connectivity index (χ3v) is 10.4.